The van der Waals surface area contributed by atoms with Crippen LogP contribution in [0.5, 0.6) is 5.75 Å². The second-order valence-corrected chi connectivity index (χ2v) is 3.75. The van der Waals surface area contributed by atoms with Crippen molar-refractivity contribution in [1.82, 2.24) is 19.9 Å². The monoisotopic (exact) mass is 226 g/mol. The molecule has 0 bridgehead atoms. The molecule has 5 nitrogen and oxygen atoms in total. The molecule has 0 saturated heterocycles. The van der Waals surface area contributed by atoms with E-state index in [1.54, 1.807) is 18.3 Å². The minimum absolute atomic E-state index is 0.277. The van der Waals surface area contributed by atoms with Crippen LogP contribution < -0.4 is 0 Å². The predicted molar refractivity (Wildman–Crippen MR) is 62.6 cm³/mol. The summed E-state index contributed by atoms with van der Waals surface area (Å²) < 4.78 is 0. The molecule has 17 heavy (non-hydrogen) atoms. The van der Waals surface area contributed by atoms with Gasteiger partial charge in [0.1, 0.15) is 23.4 Å². The summed E-state index contributed by atoms with van der Waals surface area (Å²) in [5.41, 5.74) is 2.28. The number of nitrogens with zero attached hydrogens (tertiary/aromatic N) is 3. The highest BCUT2D eigenvalue weighted by molar-refractivity contribution is 5.68. The molecule has 3 aromatic rings. The zero-order valence-corrected chi connectivity index (χ0v) is 8.96. The number of para-hydroxylation sites is 1. The molecule has 1 aromatic carbocycles. The predicted octanol–water partition coefficient (Wildman–Crippen LogP) is 1.65. The molecule has 2 heterocycles. The normalized spacial score (nSPS) is 10.8. The number of aromatic nitrogens is 4. The van der Waals surface area contributed by atoms with Gasteiger partial charge in [0.25, 0.3) is 0 Å². The molecule has 3 rings (SSSR count). The van der Waals surface area contributed by atoms with Crippen LogP contribution in [0.3, 0.4) is 0 Å². The Morgan fingerprint density at radius 3 is 2.94 bits per heavy atom. The SMILES string of the molecule is Oc1ccccc1Cc1nc2ncncc2[nH]1. The topological polar surface area (TPSA) is 74.7 Å². The lowest BCUT2D eigenvalue weighted by Gasteiger charge is -2.00. The molecule has 0 aliphatic rings. The third-order valence-electron chi connectivity index (χ3n) is 2.56. The molecule has 0 aliphatic heterocycles. The second kappa shape index (κ2) is 3.86. The van der Waals surface area contributed by atoms with Gasteiger partial charge in [0.2, 0.25) is 0 Å². The number of aromatic hydroxyl groups is 1. The van der Waals surface area contributed by atoms with Gasteiger partial charge in [-0.3, -0.25) is 0 Å². The highest BCUT2D eigenvalue weighted by Crippen LogP contribution is 2.19. The van der Waals surface area contributed by atoms with Gasteiger partial charge in [-0.05, 0) is 6.07 Å². The fourth-order valence-electron chi connectivity index (χ4n) is 1.74. The molecule has 0 radical (unpaired) electrons. The van der Waals surface area contributed by atoms with Crippen LogP contribution in [0.25, 0.3) is 11.2 Å². The molecule has 0 unspecified atom stereocenters. The number of rotatable bonds is 2. The maximum Gasteiger partial charge on any atom is 0.180 e. The van der Waals surface area contributed by atoms with Crippen molar-refractivity contribution < 1.29 is 5.11 Å². The Bertz CT molecular complexity index is 629. The van der Waals surface area contributed by atoms with Gasteiger partial charge >= 0.3 is 0 Å². The number of hydrogen-bond acceptors (Lipinski definition) is 4. The molecule has 2 aromatic heterocycles. The fourth-order valence-corrected chi connectivity index (χ4v) is 1.74. The number of H-pyrrole nitrogens is 1. The number of nitrogens with one attached hydrogen (secondary N) is 1. The van der Waals surface area contributed by atoms with Crippen molar-refractivity contribution in [3.8, 4) is 5.75 Å². The summed E-state index contributed by atoms with van der Waals surface area (Å²) in [6.07, 6.45) is 3.69. The second-order valence-electron chi connectivity index (χ2n) is 3.75. The number of fused-ring (bicyclic) bond motifs is 1. The van der Waals surface area contributed by atoms with Gasteiger partial charge in [-0.2, -0.15) is 0 Å². The van der Waals surface area contributed by atoms with E-state index in [0.29, 0.717) is 12.1 Å². The van der Waals surface area contributed by atoms with Crippen LogP contribution in [0, 0.1) is 0 Å². The van der Waals surface area contributed by atoms with Crippen LogP contribution in [0.15, 0.2) is 36.8 Å². The summed E-state index contributed by atoms with van der Waals surface area (Å²) in [5, 5.41) is 9.68. The maximum absolute atomic E-state index is 9.68. The Labute approximate surface area is 97.2 Å². The molecule has 0 atom stereocenters. The van der Waals surface area contributed by atoms with E-state index in [4.69, 9.17) is 0 Å². The average molecular weight is 226 g/mol. The van der Waals surface area contributed by atoms with Gasteiger partial charge < -0.3 is 10.1 Å². The van der Waals surface area contributed by atoms with Crippen molar-refractivity contribution in [2.75, 3.05) is 0 Å². The largest absolute Gasteiger partial charge is 0.508 e. The van der Waals surface area contributed by atoms with Crippen LogP contribution in [-0.2, 0) is 6.42 Å². The van der Waals surface area contributed by atoms with E-state index in [0.717, 1.165) is 16.9 Å². The van der Waals surface area contributed by atoms with Crippen LogP contribution in [0.4, 0.5) is 0 Å². The highest BCUT2D eigenvalue weighted by Gasteiger charge is 2.06. The van der Waals surface area contributed by atoms with Crippen molar-refractivity contribution >= 4 is 11.2 Å². The summed E-state index contributed by atoms with van der Waals surface area (Å²) in [7, 11) is 0. The number of phenolic OH excluding ortho intramolecular Hbond substituents is 1. The first kappa shape index (κ1) is 9.77. The number of imidazole rings is 1. The first-order chi connectivity index (χ1) is 8.33. The van der Waals surface area contributed by atoms with Crippen LogP contribution in [0.1, 0.15) is 11.4 Å². The third-order valence-corrected chi connectivity index (χ3v) is 2.56. The fraction of sp³-hybridized carbons (Fsp3) is 0.0833. The number of aromatic amines is 1. The highest BCUT2D eigenvalue weighted by atomic mass is 16.3. The van der Waals surface area contributed by atoms with Crippen molar-refractivity contribution in [2.45, 2.75) is 6.42 Å². The molecule has 84 valence electrons. The number of phenols is 1. The zero-order chi connectivity index (χ0) is 11.7. The lowest BCUT2D eigenvalue weighted by molar-refractivity contribution is 0.469. The first-order valence-corrected chi connectivity index (χ1v) is 5.24. The molecule has 0 amide bonds. The summed E-state index contributed by atoms with van der Waals surface area (Å²) >= 11 is 0. The molecular formula is C12H10N4O. The van der Waals surface area contributed by atoms with Crippen LogP contribution in [0.2, 0.25) is 0 Å². The molecule has 2 N–H and O–H groups in total. The van der Waals surface area contributed by atoms with E-state index < -0.39 is 0 Å². The summed E-state index contributed by atoms with van der Waals surface area (Å²) in [5.74, 6) is 1.04. The van der Waals surface area contributed by atoms with Crippen LogP contribution >= 0.6 is 0 Å². The van der Waals surface area contributed by atoms with Gasteiger partial charge in [-0.25, -0.2) is 15.0 Å². The minimum atomic E-state index is 0.277. The van der Waals surface area contributed by atoms with E-state index in [1.165, 1.54) is 6.33 Å². The Balaban J connectivity index is 1.98. The quantitative estimate of drug-likeness (QED) is 0.696. The van der Waals surface area contributed by atoms with Gasteiger partial charge in [0.15, 0.2) is 5.65 Å². The average Bonchev–Trinajstić information content (AvgIpc) is 2.74. The van der Waals surface area contributed by atoms with Crippen molar-refractivity contribution in [2.24, 2.45) is 0 Å². The molecule has 0 saturated carbocycles. The van der Waals surface area contributed by atoms with Crippen molar-refractivity contribution in [3.05, 3.63) is 48.2 Å². The van der Waals surface area contributed by atoms with Gasteiger partial charge in [-0.15, -0.1) is 0 Å². The maximum atomic E-state index is 9.68. The molecule has 0 aliphatic carbocycles. The number of hydrogen-bond donors (Lipinski definition) is 2. The van der Waals surface area contributed by atoms with E-state index in [2.05, 4.69) is 19.9 Å². The van der Waals surface area contributed by atoms with E-state index >= 15 is 0 Å². The Morgan fingerprint density at radius 2 is 2.12 bits per heavy atom. The molecule has 5 heteroatoms. The Kier molecular flexibility index (Phi) is 2.22. The lowest BCUT2D eigenvalue weighted by atomic mass is 10.1. The minimum Gasteiger partial charge on any atom is -0.508 e. The van der Waals surface area contributed by atoms with E-state index in [1.807, 2.05) is 12.1 Å². The first-order valence-electron chi connectivity index (χ1n) is 5.24. The van der Waals surface area contributed by atoms with Crippen molar-refractivity contribution in [1.29, 1.82) is 0 Å². The standard InChI is InChI=1S/C12H10N4O/c17-10-4-2-1-3-8(10)5-11-15-9-6-13-7-14-12(9)16-11/h1-4,6-7,17H,5H2,(H,13,14,15,16). The molecule has 0 spiro atoms. The smallest absolute Gasteiger partial charge is 0.180 e. The molecular weight excluding hydrogens is 216 g/mol. The van der Waals surface area contributed by atoms with Gasteiger partial charge in [0, 0.05) is 12.0 Å². The lowest BCUT2D eigenvalue weighted by Crippen LogP contribution is -1.90. The zero-order valence-electron chi connectivity index (χ0n) is 8.96. The van der Waals surface area contributed by atoms with Gasteiger partial charge in [-0.1, -0.05) is 18.2 Å². The van der Waals surface area contributed by atoms with Crippen molar-refractivity contribution in [3.63, 3.8) is 0 Å². The van der Waals surface area contributed by atoms with E-state index in [-0.39, 0.29) is 5.75 Å². The number of benzene rings is 1. The van der Waals surface area contributed by atoms with Crippen LogP contribution in [-0.4, -0.2) is 25.0 Å². The molecule has 0 fully saturated rings. The summed E-state index contributed by atoms with van der Waals surface area (Å²) in [4.78, 5) is 15.4. The Morgan fingerprint density at radius 1 is 1.24 bits per heavy atom. The van der Waals surface area contributed by atoms with Gasteiger partial charge in [0.05, 0.1) is 6.20 Å². The third kappa shape index (κ3) is 1.82. The van der Waals surface area contributed by atoms with E-state index in [9.17, 15) is 5.11 Å². The summed E-state index contributed by atoms with van der Waals surface area (Å²) in [6, 6.07) is 7.21. The summed E-state index contributed by atoms with van der Waals surface area (Å²) in [6.45, 7) is 0. The Hall–Kier alpha value is -2.43.